The number of anilines is 2. The van der Waals surface area contributed by atoms with Crippen molar-refractivity contribution in [1.82, 2.24) is 9.97 Å². The van der Waals surface area contributed by atoms with Crippen LogP contribution in [-0.4, -0.2) is 60.7 Å². The van der Waals surface area contributed by atoms with E-state index in [0.29, 0.717) is 45.0 Å². The molecule has 2 saturated heterocycles. The summed E-state index contributed by atoms with van der Waals surface area (Å²) in [5.41, 5.74) is 0.963. The van der Waals surface area contributed by atoms with Crippen LogP contribution in [-0.2, 0) is 4.74 Å². The monoisotopic (exact) mass is 310 g/mol. The van der Waals surface area contributed by atoms with Crippen molar-refractivity contribution in [1.29, 1.82) is 0 Å². The summed E-state index contributed by atoms with van der Waals surface area (Å²) < 4.78 is 18.8. The minimum Gasteiger partial charge on any atom is -0.395 e. The summed E-state index contributed by atoms with van der Waals surface area (Å²) in [5.74, 6) is 1.65. The molecule has 2 aliphatic rings. The second-order valence-corrected chi connectivity index (χ2v) is 5.85. The van der Waals surface area contributed by atoms with Crippen LogP contribution in [0.15, 0.2) is 6.07 Å². The van der Waals surface area contributed by atoms with E-state index in [2.05, 4.69) is 20.2 Å². The summed E-state index contributed by atoms with van der Waals surface area (Å²) in [6.07, 6.45) is 1.35. The molecule has 1 unspecified atom stereocenters. The maximum absolute atomic E-state index is 13.3. The van der Waals surface area contributed by atoms with Crippen molar-refractivity contribution in [2.24, 2.45) is 0 Å². The first-order chi connectivity index (χ1) is 10.8. The van der Waals surface area contributed by atoms with E-state index in [1.807, 2.05) is 6.07 Å². The van der Waals surface area contributed by atoms with Gasteiger partial charge in [-0.1, -0.05) is 0 Å². The van der Waals surface area contributed by atoms with Gasteiger partial charge in [0.2, 0.25) is 5.95 Å². The van der Waals surface area contributed by atoms with Crippen LogP contribution in [0, 0.1) is 0 Å². The maximum atomic E-state index is 13.3. The van der Waals surface area contributed by atoms with Crippen molar-refractivity contribution >= 4 is 11.8 Å². The maximum Gasteiger partial charge on any atom is 0.224 e. The molecule has 22 heavy (non-hydrogen) atoms. The topological polar surface area (TPSA) is 70.5 Å². The smallest absolute Gasteiger partial charge is 0.224 e. The SMILES string of the molecule is OCCNc1nc(C2CCOC2)cc(N2CCC(F)CC2)n1. The molecule has 0 aliphatic carbocycles. The van der Waals surface area contributed by atoms with Crippen molar-refractivity contribution in [3.8, 4) is 0 Å². The summed E-state index contributed by atoms with van der Waals surface area (Å²) >= 11 is 0. The van der Waals surface area contributed by atoms with Gasteiger partial charge < -0.3 is 20.1 Å². The van der Waals surface area contributed by atoms with Crippen LogP contribution in [0.1, 0.15) is 30.9 Å². The Hall–Kier alpha value is -1.47. The Balaban J connectivity index is 1.81. The summed E-state index contributed by atoms with van der Waals surface area (Å²) in [6, 6.07) is 2.00. The summed E-state index contributed by atoms with van der Waals surface area (Å²) in [6.45, 7) is 3.24. The average molecular weight is 310 g/mol. The highest BCUT2D eigenvalue weighted by molar-refractivity contribution is 5.46. The van der Waals surface area contributed by atoms with E-state index in [1.54, 1.807) is 0 Å². The number of nitrogens with zero attached hydrogens (tertiary/aromatic N) is 3. The Labute approximate surface area is 129 Å². The van der Waals surface area contributed by atoms with Gasteiger partial charge in [-0.3, -0.25) is 0 Å². The van der Waals surface area contributed by atoms with Crippen LogP contribution < -0.4 is 10.2 Å². The van der Waals surface area contributed by atoms with E-state index < -0.39 is 6.17 Å². The van der Waals surface area contributed by atoms with Gasteiger partial charge in [-0.25, -0.2) is 9.37 Å². The fourth-order valence-corrected chi connectivity index (χ4v) is 2.92. The molecule has 1 aromatic rings. The third-order valence-electron chi connectivity index (χ3n) is 4.22. The molecule has 3 heterocycles. The molecule has 1 atom stereocenters. The van der Waals surface area contributed by atoms with Gasteiger partial charge in [-0.15, -0.1) is 0 Å². The summed E-state index contributed by atoms with van der Waals surface area (Å²) in [4.78, 5) is 11.2. The van der Waals surface area contributed by atoms with Gasteiger partial charge in [0.1, 0.15) is 12.0 Å². The van der Waals surface area contributed by atoms with Crippen LogP contribution in [0.2, 0.25) is 0 Å². The zero-order valence-electron chi connectivity index (χ0n) is 12.7. The van der Waals surface area contributed by atoms with Crippen LogP contribution in [0.4, 0.5) is 16.2 Å². The minimum absolute atomic E-state index is 0.0305. The number of alkyl halides is 1. The predicted octanol–water partition coefficient (Wildman–Crippen LogP) is 1.32. The normalized spacial score (nSPS) is 23.0. The van der Waals surface area contributed by atoms with Crippen LogP contribution in [0.25, 0.3) is 0 Å². The lowest BCUT2D eigenvalue weighted by atomic mass is 10.0. The average Bonchev–Trinajstić information content (AvgIpc) is 3.08. The largest absolute Gasteiger partial charge is 0.395 e. The lowest BCUT2D eigenvalue weighted by Crippen LogP contribution is -2.35. The van der Waals surface area contributed by atoms with Crippen LogP contribution in [0.5, 0.6) is 0 Å². The van der Waals surface area contributed by atoms with E-state index in [4.69, 9.17) is 9.84 Å². The molecule has 122 valence electrons. The predicted molar refractivity (Wildman–Crippen MR) is 82.1 cm³/mol. The Kier molecular flexibility index (Phi) is 5.04. The number of hydrogen-bond donors (Lipinski definition) is 2. The van der Waals surface area contributed by atoms with Crippen LogP contribution >= 0.6 is 0 Å². The van der Waals surface area contributed by atoms with Crippen molar-refractivity contribution in [2.45, 2.75) is 31.4 Å². The van der Waals surface area contributed by atoms with E-state index in [-0.39, 0.29) is 12.5 Å². The zero-order valence-corrected chi connectivity index (χ0v) is 12.7. The van der Waals surface area contributed by atoms with E-state index in [0.717, 1.165) is 24.5 Å². The number of piperidine rings is 1. The quantitative estimate of drug-likeness (QED) is 0.855. The standard InChI is InChI=1S/C15H23FN4O2/c16-12-1-5-20(6-2-12)14-9-13(11-3-8-22-10-11)18-15(19-14)17-4-7-21/h9,11-12,21H,1-8,10H2,(H,17,18,19). The van der Waals surface area contributed by atoms with Crippen molar-refractivity contribution in [3.63, 3.8) is 0 Å². The molecule has 3 rings (SSSR count). The Morgan fingerprint density at radius 3 is 2.82 bits per heavy atom. The van der Waals surface area contributed by atoms with Gasteiger partial charge >= 0.3 is 0 Å². The molecule has 0 saturated carbocycles. The lowest BCUT2D eigenvalue weighted by molar-refractivity contribution is 0.193. The highest BCUT2D eigenvalue weighted by atomic mass is 19.1. The molecule has 0 aromatic carbocycles. The molecule has 2 aliphatic heterocycles. The molecular formula is C15H23FN4O2. The third-order valence-corrected chi connectivity index (χ3v) is 4.22. The van der Waals surface area contributed by atoms with Crippen LogP contribution in [0.3, 0.4) is 0 Å². The van der Waals surface area contributed by atoms with Crippen molar-refractivity contribution in [3.05, 3.63) is 11.8 Å². The molecule has 2 fully saturated rings. The van der Waals surface area contributed by atoms with Gasteiger partial charge in [0.25, 0.3) is 0 Å². The van der Waals surface area contributed by atoms with E-state index >= 15 is 0 Å². The zero-order chi connectivity index (χ0) is 15.4. The summed E-state index contributed by atoms with van der Waals surface area (Å²) in [5, 5.41) is 12.0. The number of aliphatic hydroxyl groups excluding tert-OH is 1. The van der Waals surface area contributed by atoms with Crippen molar-refractivity contribution < 1.29 is 14.2 Å². The molecule has 0 spiro atoms. The number of rotatable bonds is 5. The molecular weight excluding hydrogens is 287 g/mol. The number of halogens is 1. The molecule has 0 radical (unpaired) electrons. The number of aliphatic hydroxyl groups is 1. The van der Waals surface area contributed by atoms with Gasteiger partial charge in [-0.2, -0.15) is 4.98 Å². The molecule has 2 N–H and O–H groups in total. The van der Waals surface area contributed by atoms with E-state index in [1.165, 1.54) is 0 Å². The number of nitrogens with one attached hydrogen (secondary N) is 1. The first-order valence-corrected chi connectivity index (χ1v) is 7.96. The Bertz CT molecular complexity index is 488. The highest BCUT2D eigenvalue weighted by Crippen LogP contribution is 2.28. The van der Waals surface area contributed by atoms with Crippen molar-refractivity contribution in [2.75, 3.05) is 49.7 Å². The number of hydrogen-bond acceptors (Lipinski definition) is 6. The minimum atomic E-state index is -0.701. The lowest BCUT2D eigenvalue weighted by Gasteiger charge is -2.30. The first-order valence-electron chi connectivity index (χ1n) is 7.96. The number of aromatic nitrogens is 2. The van der Waals surface area contributed by atoms with Gasteiger partial charge in [0, 0.05) is 38.2 Å². The molecule has 0 amide bonds. The third kappa shape index (κ3) is 3.64. The fraction of sp³-hybridized carbons (Fsp3) is 0.733. The fourth-order valence-electron chi connectivity index (χ4n) is 2.92. The van der Waals surface area contributed by atoms with Gasteiger partial charge in [0.15, 0.2) is 0 Å². The van der Waals surface area contributed by atoms with E-state index in [9.17, 15) is 4.39 Å². The Morgan fingerprint density at radius 2 is 2.14 bits per heavy atom. The van der Waals surface area contributed by atoms with Gasteiger partial charge in [-0.05, 0) is 19.3 Å². The molecule has 0 bridgehead atoms. The molecule has 1 aromatic heterocycles. The molecule has 7 heteroatoms. The molecule has 6 nitrogen and oxygen atoms in total. The summed E-state index contributed by atoms with van der Waals surface area (Å²) in [7, 11) is 0. The number of ether oxygens (including phenoxy) is 1. The second-order valence-electron chi connectivity index (χ2n) is 5.85. The Morgan fingerprint density at radius 1 is 1.32 bits per heavy atom. The highest BCUT2D eigenvalue weighted by Gasteiger charge is 2.24. The van der Waals surface area contributed by atoms with Gasteiger partial charge in [0.05, 0.1) is 18.9 Å². The second kappa shape index (κ2) is 7.19. The first kappa shape index (κ1) is 15.4.